The van der Waals surface area contributed by atoms with Crippen LogP contribution in [0, 0.1) is 4.91 Å². The lowest BCUT2D eigenvalue weighted by Gasteiger charge is -2.11. The Bertz CT molecular complexity index is 771. The molecule has 1 aliphatic heterocycles. The van der Waals surface area contributed by atoms with Crippen LogP contribution in [0.25, 0.3) is 6.08 Å². The van der Waals surface area contributed by atoms with E-state index in [-0.39, 0.29) is 12.1 Å². The second-order valence-electron chi connectivity index (χ2n) is 6.90. The van der Waals surface area contributed by atoms with Gasteiger partial charge in [0.1, 0.15) is 12.3 Å². The Morgan fingerprint density at radius 2 is 1.53 bits per heavy atom. The predicted octanol–water partition coefficient (Wildman–Crippen LogP) is 4.94. The summed E-state index contributed by atoms with van der Waals surface area (Å²) in [5.74, 6) is -1.31. The second-order valence-corrected chi connectivity index (χ2v) is 6.90. The number of rotatable bonds is 12. The molecule has 0 unspecified atom stereocenters. The summed E-state index contributed by atoms with van der Waals surface area (Å²) in [6, 6.07) is 8.48. The molecular weight excluding hydrogens is 446 g/mol. The van der Waals surface area contributed by atoms with E-state index in [4.69, 9.17) is 14.8 Å². The molecule has 2 rings (SSSR count). The molecule has 1 heterocycles. The smallest absolute Gasteiger partial charge is 0.380 e. The Hall–Kier alpha value is -3.31. The van der Waals surface area contributed by atoms with Gasteiger partial charge in [-0.3, -0.25) is 19.3 Å². The number of carbonyl (C=O) groups excluding carboxylic acids is 2. The number of carboxylic acid groups (broad SMARTS) is 1. The number of imide groups is 1. The van der Waals surface area contributed by atoms with Crippen molar-refractivity contribution in [2.45, 2.75) is 58.8 Å². The van der Waals surface area contributed by atoms with Crippen molar-refractivity contribution >= 4 is 24.0 Å². The third-order valence-corrected chi connectivity index (χ3v) is 4.38. The lowest BCUT2D eigenvalue weighted by Crippen LogP contribution is -2.31. The number of carbonyl (C=O) groups is 3. The van der Waals surface area contributed by atoms with E-state index in [1.165, 1.54) is 39.9 Å². The molecule has 1 saturated heterocycles. The van der Waals surface area contributed by atoms with Gasteiger partial charge in [0.25, 0.3) is 0 Å². The fraction of sp³-hybridized carbons (Fsp3) is 0.522. The van der Waals surface area contributed by atoms with Crippen molar-refractivity contribution in [2.24, 2.45) is 5.34 Å². The lowest BCUT2D eigenvalue weighted by molar-refractivity contribution is -0.152. The first-order valence-electron chi connectivity index (χ1n) is 11.1. The van der Waals surface area contributed by atoms with Crippen LogP contribution >= 0.6 is 0 Å². The van der Waals surface area contributed by atoms with E-state index in [2.05, 4.69) is 17.1 Å². The zero-order valence-corrected chi connectivity index (χ0v) is 20.3. The van der Waals surface area contributed by atoms with Gasteiger partial charge in [-0.1, -0.05) is 69.9 Å². The van der Waals surface area contributed by atoms with Gasteiger partial charge < -0.3 is 9.94 Å². The molecule has 0 saturated carbocycles. The van der Waals surface area contributed by atoms with Crippen LogP contribution in [0.15, 0.2) is 41.4 Å². The maximum absolute atomic E-state index is 11.9. The number of aliphatic carboxylic acids is 1. The Labute approximate surface area is 200 Å². The van der Waals surface area contributed by atoms with E-state index >= 15 is 0 Å². The first-order valence-corrected chi connectivity index (χ1v) is 11.1. The first kappa shape index (κ1) is 30.7. The normalized spacial score (nSPS) is 13.7. The number of nitrogens with zero attached hydrogens (tertiary/aromatic N) is 3. The van der Waals surface area contributed by atoms with E-state index in [0.29, 0.717) is 11.7 Å². The van der Waals surface area contributed by atoms with Crippen molar-refractivity contribution in [3.05, 3.63) is 46.5 Å². The molecule has 11 nitrogen and oxygen atoms in total. The quantitative estimate of drug-likeness (QED) is 0.146. The van der Waals surface area contributed by atoms with Gasteiger partial charge in [0.15, 0.2) is 5.34 Å². The molecule has 0 atom stereocenters. The van der Waals surface area contributed by atoms with Crippen LogP contribution in [0.5, 0.6) is 0 Å². The molecule has 1 fully saturated rings. The molecule has 0 bridgehead atoms. The first-order chi connectivity index (χ1) is 16.4. The molecule has 11 heteroatoms. The molecule has 190 valence electrons. The van der Waals surface area contributed by atoms with Crippen molar-refractivity contribution < 1.29 is 34.0 Å². The third kappa shape index (κ3) is 12.1. The van der Waals surface area contributed by atoms with Gasteiger partial charge in [0.2, 0.25) is 0 Å². The molecule has 1 aromatic rings. The van der Waals surface area contributed by atoms with Crippen molar-refractivity contribution in [1.29, 1.82) is 0 Å². The van der Waals surface area contributed by atoms with E-state index in [1.54, 1.807) is 13.0 Å². The molecule has 0 aromatic heterocycles. The van der Waals surface area contributed by atoms with Gasteiger partial charge in [-0.2, -0.15) is 5.06 Å². The van der Waals surface area contributed by atoms with Crippen molar-refractivity contribution in [3.8, 4) is 0 Å². The summed E-state index contributed by atoms with van der Waals surface area (Å²) in [5.41, 5.74) is 0.893. The zero-order valence-electron chi connectivity index (χ0n) is 20.3. The van der Waals surface area contributed by atoms with Crippen LogP contribution in [0.4, 0.5) is 4.79 Å². The van der Waals surface area contributed by atoms with Crippen LogP contribution in [0.1, 0.15) is 64.4 Å². The number of urea groups is 1. The van der Waals surface area contributed by atoms with Crippen LogP contribution in [-0.4, -0.2) is 54.0 Å². The second kappa shape index (κ2) is 19.2. The van der Waals surface area contributed by atoms with Crippen LogP contribution in [-0.2, 0) is 24.1 Å². The highest BCUT2D eigenvalue weighted by Gasteiger charge is 2.42. The fourth-order valence-electron chi connectivity index (χ4n) is 2.61. The van der Waals surface area contributed by atoms with E-state index in [0.717, 1.165) is 23.5 Å². The summed E-state index contributed by atoms with van der Waals surface area (Å²) in [6.45, 7) is 4.28. The van der Waals surface area contributed by atoms with Gasteiger partial charge in [-0.05, 0) is 24.5 Å². The maximum Gasteiger partial charge on any atom is 0.380 e. The number of amides is 3. The molecule has 1 aromatic carbocycles. The van der Waals surface area contributed by atoms with Gasteiger partial charge in [-0.25, -0.2) is 4.79 Å². The van der Waals surface area contributed by atoms with Crippen LogP contribution in [0.3, 0.4) is 0 Å². The Morgan fingerprint density at radius 3 is 2.03 bits per heavy atom. The molecule has 1 aliphatic rings. The van der Waals surface area contributed by atoms with Crippen LogP contribution < -0.4 is 0 Å². The summed E-state index contributed by atoms with van der Waals surface area (Å²) in [4.78, 5) is 56.4. The number of hydrogen-bond donors (Lipinski definition) is 1. The minimum atomic E-state index is -0.745. The number of carboxylic acids is 1. The van der Waals surface area contributed by atoms with Crippen LogP contribution in [0.2, 0.25) is 0 Å². The predicted molar refractivity (Wildman–Crippen MR) is 126 cm³/mol. The van der Waals surface area contributed by atoms with E-state index in [1.807, 2.05) is 30.3 Å². The highest BCUT2D eigenvalue weighted by atomic mass is 16.7. The van der Waals surface area contributed by atoms with Crippen molar-refractivity contribution in [3.63, 3.8) is 0 Å². The maximum atomic E-state index is 11.9. The largest absolute Gasteiger partial charge is 0.481 e. The summed E-state index contributed by atoms with van der Waals surface area (Å²) >= 11 is 0. The van der Waals surface area contributed by atoms with Gasteiger partial charge in [0, 0.05) is 6.42 Å². The SMILES string of the molecule is CCC(=O)O.CCCCCCCCON=O.CON1C(=O)C(=Cc2ccccc2)N(OC)C1=O. The molecule has 0 spiro atoms. The highest BCUT2D eigenvalue weighted by Crippen LogP contribution is 2.23. The summed E-state index contributed by atoms with van der Waals surface area (Å²) in [6.07, 6.45) is 9.01. The van der Waals surface area contributed by atoms with E-state index < -0.39 is 17.9 Å². The average molecular weight is 482 g/mol. The number of unbranched alkanes of at least 4 members (excludes halogenated alkanes) is 5. The Balaban J connectivity index is 0.000000581. The highest BCUT2D eigenvalue weighted by molar-refractivity contribution is 6.12. The number of benzene rings is 1. The molecule has 3 amide bonds. The Kier molecular flexibility index (Phi) is 17.3. The van der Waals surface area contributed by atoms with Crippen molar-refractivity contribution in [2.75, 3.05) is 20.8 Å². The average Bonchev–Trinajstić information content (AvgIpc) is 3.07. The summed E-state index contributed by atoms with van der Waals surface area (Å²) < 4.78 is 0. The topological polar surface area (TPSA) is 135 Å². The van der Waals surface area contributed by atoms with Gasteiger partial charge in [0.05, 0.1) is 14.2 Å². The minimum Gasteiger partial charge on any atom is -0.481 e. The molecular formula is C23H35N3O8. The minimum absolute atomic E-state index is 0.107. The number of hydrogen-bond acceptors (Lipinski definition) is 8. The fourth-order valence-corrected chi connectivity index (χ4v) is 2.61. The van der Waals surface area contributed by atoms with E-state index in [9.17, 15) is 19.3 Å². The van der Waals surface area contributed by atoms with Gasteiger partial charge >= 0.3 is 17.9 Å². The standard InChI is InChI=1S/C12H12N2O4.C8H17NO2.C3H6O2/c1-17-13-10(8-9-6-4-3-5-7-9)11(15)14(18-2)12(13)16;1-2-3-4-5-6-7-8-11-9-10;1-2-3(4)5/h3-8H,1-2H3;2-8H2,1H3;2H2,1H3,(H,4,5). The monoisotopic (exact) mass is 481 g/mol. The zero-order chi connectivity index (χ0) is 25.8. The lowest BCUT2D eigenvalue weighted by atomic mass is 10.1. The number of hydroxylamine groups is 4. The van der Waals surface area contributed by atoms with Gasteiger partial charge in [-0.15, -0.1) is 9.97 Å². The third-order valence-electron chi connectivity index (χ3n) is 4.38. The molecule has 34 heavy (non-hydrogen) atoms. The summed E-state index contributed by atoms with van der Waals surface area (Å²) in [5, 5.41) is 11.6. The Morgan fingerprint density at radius 1 is 0.971 bits per heavy atom. The molecule has 1 N–H and O–H groups in total. The molecule has 0 radical (unpaired) electrons. The molecule has 0 aliphatic carbocycles. The summed E-state index contributed by atoms with van der Waals surface area (Å²) in [7, 11) is 2.55. The van der Waals surface area contributed by atoms with Crippen molar-refractivity contribution in [1.82, 2.24) is 10.1 Å².